The summed E-state index contributed by atoms with van der Waals surface area (Å²) in [6.07, 6.45) is 0. The van der Waals surface area contributed by atoms with E-state index in [1.165, 1.54) is 11.0 Å². The maximum atomic E-state index is 13.5. The zero-order valence-corrected chi connectivity index (χ0v) is 11.2. The predicted molar refractivity (Wildman–Crippen MR) is 69.4 cm³/mol. The molecule has 10 heteroatoms. The number of aliphatic hydroxyl groups is 1. The maximum absolute atomic E-state index is 13.5. The van der Waals surface area contributed by atoms with E-state index in [4.69, 9.17) is 11.6 Å². The summed E-state index contributed by atoms with van der Waals surface area (Å²) < 4.78 is 26.9. The molecule has 21 heavy (non-hydrogen) atoms. The summed E-state index contributed by atoms with van der Waals surface area (Å²) in [6, 6.07) is 3.51. The van der Waals surface area contributed by atoms with E-state index in [9.17, 15) is 28.8 Å². The molecule has 1 saturated heterocycles. The molecule has 7 nitrogen and oxygen atoms in total. The number of rotatable bonds is 4. The summed E-state index contributed by atoms with van der Waals surface area (Å²) in [4.78, 5) is 21.9. The first-order valence-corrected chi connectivity index (χ1v) is 6.05. The molecule has 0 saturated carbocycles. The zero-order valence-electron chi connectivity index (χ0n) is 10.4. The molecule has 1 fully saturated rings. The lowest BCUT2D eigenvalue weighted by molar-refractivity contribution is -0.384. The van der Waals surface area contributed by atoms with Gasteiger partial charge in [-0.3, -0.25) is 14.9 Å². The Morgan fingerprint density at radius 1 is 1.52 bits per heavy atom. The number of anilines is 1. The lowest BCUT2D eigenvalue weighted by Crippen LogP contribution is -2.73. The summed E-state index contributed by atoms with van der Waals surface area (Å²) in [5, 5.41) is 20.3. The molecule has 1 aliphatic heterocycles. The van der Waals surface area contributed by atoms with Gasteiger partial charge in [-0.1, -0.05) is 11.6 Å². The van der Waals surface area contributed by atoms with Crippen LogP contribution in [0.15, 0.2) is 18.2 Å². The van der Waals surface area contributed by atoms with Crippen molar-refractivity contribution >= 4 is 28.9 Å². The van der Waals surface area contributed by atoms with Gasteiger partial charge in [-0.15, -0.1) is 0 Å². The maximum Gasteiger partial charge on any atom is 0.355 e. The van der Waals surface area contributed by atoms with Gasteiger partial charge in [0, 0.05) is 12.1 Å². The first-order valence-electron chi connectivity index (χ1n) is 5.67. The van der Waals surface area contributed by atoms with Crippen molar-refractivity contribution in [1.82, 2.24) is 0 Å². The number of amides is 1. The standard InChI is InChI=1S/C11H10ClF2N3O4/c12-7-3-6(17(20)21)1-2-8(7)16-4-10(19,5-16)11(13,14)9(15)18/h1-3,19H,4-5H2,(H2,15,18). The van der Waals surface area contributed by atoms with Crippen LogP contribution in [0.25, 0.3) is 0 Å². The molecular formula is C11H10ClF2N3O4. The lowest BCUT2D eigenvalue weighted by atomic mass is 9.86. The highest BCUT2D eigenvalue weighted by molar-refractivity contribution is 6.33. The monoisotopic (exact) mass is 321 g/mol. The molecule has 1 amide bonds. The van der Waals surface area contributed by atoms with Crippen LogP contribution in [0.3, 0.4) is 0 Å². The fraction of sp³-hybridized carbons (Fsp3) is 0.364. The van der Waals surface area contributed by atoms with Crippen LogP contribution in [-0.4, -0.2) is 40.6 Å². The molecule has 0 aliphatic carbocycles. The van der Waals surface area contributed by atoms with Gasteiger partial charge in [0.2, 0.25) is 0 Å². The molecule has 2 rings (SSSR count). The van der Waals surface area contributed by atoms with E-state index < -0.39 is 35.4 Å². The highest BCUT2D eigenvalue weighted by Crippen LogP contribution is 2.41. The van der Waals surface area contributed by atoms with Crippen molar-refractivity contribution in [3.63, 3.8) is 0 Å². The Morgan fingerprint density at radius 2 is 2.10 bits per heavy atom. The van der Waals surface area contributed by atoms with Gasteiger partial charge in [0.15, 0.2) is 5.60 Å². The van der Waals surface area contributed by atoms with Crippen LogP contribution in [0.1, 0.15) is 0 Å². The third-order valence-electron chi connectivity index (χ3n) is 3.28. The van der Waals surface area contributed by atoms with Crippen LogP contribution in [0.5, 0.6) is 0 Å². The van der Waals surface area contributed by atoms with Gasteiger partial charge in [-0.2, -0.15) is 8.78 Å². The summed E-state index contributed by atoms with van der Waals surface area (Å²) >= 11 is 5.84. The van der Waals surface area contributed by atoms with Crippen molar-refractivity contribution in [3.05, 3.63) is 33.3 Å². The fourth-order valence-electron chi connectivity index (χ4n) is 2.05. The molecule has 1 heterocycles. The van der Waals surface area contributed by atoms with Crippen molar-refractivity contribution in [2.45, 2.75) is 11.5 Å². The number of alkyl halides is 2. The minimum atomic E-state index is -4.07. The van der Waals surface area contributed by atoms with Crippen LogP contribution in [0.4, 0.5) is 20.2 Å². The minimum absolute atomic E-state index is 0.0198. The second-order valence-corrected chi connectivity index (χ2v) is 5.13. The average Bonchev–Trinajstić information content (AvgIpc) is 2.34. The van der Waals surface area contributed by atoms with E-state index in [1.807, 2.05) is 0 Å². The van der Waals surface area contributed by atoms with Crippen molar-refractivity contribution in [2.75, 3.05) is 18.0 Å². The first kappa shape index (κ1) is 15.4. The van der Waals surface area contributed by atoms with Crippen LogP contribution >= 0.6 is 11.6 Å². The smallest absolute Gasteiger partial charge is 0.355 e. The summed E-state index contributed by atoms with van der Waals surface area (Å²) in [5.41, 5.74) is 1.98. The van der Waals surface area contributed by atoms with Crippen LogP contribution in [0, 0.1) is 10.1 Å². The number of nitro groups is 1. The van der Waals surface area contributed by atoms with Gasteiger partial charge in [-0.05, 0) is 6.07 Å². The number of carbonyl (C=O) groups is 1. The number of carbonyl (C=O) groups excluding carboxylic acids is 1. The number of β-amino-alcohol motifs (C(OH)–C–C–N with tert-alkyl or cyclic N) is 1. The zero-order chi connectivity index (χ0) is 16.0. The fourth-order valence-corrected chi connectivity index (χ4v) is 2.34. The molecule has 1 aromatic rings. The second-order valence-electron chi connectivity index (χ2n) is 4.72. The van der Waals surface area contributed by atoms with Gasteiger partial charge in [-0.25, -0.2) is 0 Å². The summed E-state index contributed by atoms with van der Waals surface area (Å²) in [5.74, 6) is -5.99. The quantitative estimate of drug-likeness (QED) is 0.633. The molecule has 0 unspecified atom stereocenters. The van der Waals surface area contributed by atoms with Crippen LogP contribution in [0.2, 0.25) is 5.02 Å². The molecule has 0 aromatic heterocycles. The Bertz CT molecular complexity index is 619. The molecular weight excluding hydrogens is 312 g/mol. The number of primary amides is 1. The molecule has 0 radical (unpaired) electrons. The highest BCUT2D eigenvalue weighted by atomic mass is 35.5. The van der Waals surface area contributed by atoms with E-state index in [0.29, 0.717) is 0 Å². The lowest BCUT2D eigenvalue weighted by Gasteiger charge is -2.50. The van der Waals surface area contributed by atoms with Gasteiger partial charge in [0.05, 0.1) is 28.7 Å². The Hall–Kier alpha value is -2.00. The topological polar surface area (TPSA) is 110 Å². The molecule has 0 bridgehead atoms. The Balaban J connectivity index is 2.19. The number of halogens is 3. The van der Waals surface area contributed by atoms with Gasteiger partial charge < -0.3 is 15.7 Å². The molecule has 114 valence electrons. The molecule has 1 aromatic carbocycles. The predicted octanol–water partition coefficient (Wildman–Crippen LogP) is 0.920. The normalized spacial score (nSPS) is 17.2. The van der Waals surface area contributed by atoms with E-state index in [-0.39, 0.29) is 16.4 Å². The average molecular weight is 322 g/mol. The number of nitro benzene ring substituents is 1. The largest absolute Gasteiger partial charge is 0.379 e. The minimum Gasteiger partial charge on any atom is -0.379 e. The third-order valence-corrected chi connectivity index (χ3v) is 3.58. The van der Waals surface area contributed by atoms with Crippen molar-refractivity contribution in [1.29, 1.82) is 0 Å². The first-order chi connectivity index (χ1) is 9.58. The van der Waals surface area contributed by atoms with Crippen molar-refractivity contribution < 1.29 is 23.6 Å². The van der Waals surface area contributed by atoms with E-state index in [0.717, 1.165) is 12.1 Å². The Morgan fingerprint density at radius 3 is 2.52 bits per heavy atom. The third kappa shape index (κ3) is 2.38. The molecule has 1 aliphatic rings. The SMILES string of the molecule is NC(=O)C(F)(F)C1(O)CN(c2ccc([N+](=O)[O-])cc2Cl)C1. The highest BCUT2D eigenvalue weighted by Gasteiger charge is 2.63. The molecule has 0 spiro atoms. The van der Waals surface area contributed by atoms with Gasteiger partial charge in [0.25, 0.3) is 11.6 Å². The van der Waals surface area contributed by atoms with Crippen LogP contribution in [-0.2, 0) is 4.79 Å². The van der Waals surface area contributed by atoms with E-state index in [2.05, 4.69) is 5.73 Å². The van der Waals surface area contributed by atoms with Crippen LogP contribution < -0.4 is 10.6 Å². The number of nitrogens with two attached hydrogens (primary N) is 1. The van der Waals surface area contributed by atoms with Gasteiger partial charge >= 0.3 is 5.92 Å². The van der Waals surface area contributed by atoms with Gasteiger partial charge in [0.1, 0.15) is 0 Å². The van der Waals surface area contributed by atoms with E-state index in [1.54, 1.807) is 0 Å². The number of non-ortho nitro benzene ring substituents is 1. The van der Waals surface area contributed by atoms with E-state index >= 15 is 0 Å². The second kappa shape index (κ2) is 4.78. The number of benzene rings is 1. The number of hydrogen-bond donors (Lipinski definition) is 2. The molecule has 3 N–H and O–H groups in total. The molecule has 0 atom stereocenters. The summed E-state index contributed by atoms with van der Waals surface area (Å²) in [7, 11) is 0. The summed E-state index contributed by atoms with van der Waals surface area (Å²) in [6.45, 7) is -1.14. The number of hydrogen-bond acceptors (Lipinski definition) is 5. The number of nitrogens with zero attached hydrogens (tertiary/aromatic N) is 2. The van der Waals surface area contributed by atoms with Crippen molar-refractivity contribution in [3.8, 4) is 0 Å². The Kier molecular flexibility index (Phi) is 3.50. The Labute approximate surface area is 122 Å². The van der Waals surface area contributed by atoms with Crippen molar-refractivity contribution in [2.24, 2.45) is 5.73 Å².